The predicted molar refractivity (Wildman–Crippen MR) is 104 cm³/mol. The quantitative estimate of drug-likeness (QED) is 0.296. The predicted octanol–water partition coefficient (Wildman–Crippen LogP) is 2.94. The van der Waals surface area contributed by atoms with Gasteiger partial charge in [0.25, 0.3) is 11.6 Å². The van der Waals surface area contributed by atoms with Crippen LogP contribution in [0.4, 0.5) is 5.69 Å². The first-order chi connectivity index (χ1) is 13.4. The molecule has 28 heavy (non-hydrogen) atoms. The second-order valence-corrected chi connectivity index (χ2v) is 7.16. The van der Waals surface area contributed by atoms with E-state index in [2.05, 4.69) is 5.32 Å². The fourth-order valence-electron chi connectivity index (χ4n) is 2.15. The highest BCUT2D eigenvalue weighted by Gasteiger charge is 2.18. The number of methoxy groups -OCH3 is 1. The zero-order chi connectivity index (χ0) is 20.5. The van der Waals surface area contributed by atoms with E-state index in [0.29, 0.717) is 11.4 Å². The lowest BCUT2D eigenvalue weighted by molar-refractivity contribution is -0.384. The number of nitro benzene ring substituents is 1. The van der Waals surface area contributed by atoms with Crippen molar-refractivity contribution in [1.82, 2.24) is 5.32 Å². The molecular weight excluding hydrogens is 384 g/mol. The second kappa shape index (κ2) is 10.3. The van der Waals surface area contributed by atoms with Gasteiger partial charge in [-0.15, -0.1) is 11.8 Å². The van der Waals surface area contributed by atoms with Gasteiger partial charge in [0, 0.05) is 23.6 Å². The first-order valence-electron chi connectivity index (χ1n) is 8.36. The molecule has 0 aliphatic rings. The molecule has 0 unspecified atom stereocenters. The topological polar surface area (TPSA) is 108 Å². The Morgan fingerprint density at radius 3 is 2.36 bits per heavy atom. The van der Waals surface area contributed by atoms with Gasteiger partial charge in [-0.2, -0.15) is 0 Å². The molecule has 2 rings (SSSR count). The van der Waals surface area contributed by atoms with Crippen LogP contribution in [0.1, 0.15) is 12.5 Å². The van der Waals surface area contributed by atoms with Gasteiger partial charge in [0.2, 0.25) is 0 Å². The Morgan fingerprint density at radius 2 is 1.79 bits per heavy atom. The first-order valence-corrected chi connectivity index (χ1v) is 9.24. The number of non-ortho nitro benzene ring substituents is 1. The van der Waals surface area contributed by atoms with Crippen LogP contribution in [0.3, 0.4) is 0 Å². The minimum atomic E-state index is -0.559. The number of nitrogens with zero attached hydrogens (tertiary/aromatic N) is 1. The molecule has 0 bridgehead atoms. The number of esters is 1. The van der Waals surface area contributed by atoms with Crippen molar-refractivity contribution in [2.24, 2.45) is 0 Å². The van der Waals surface area contributed by atoms with Crippen LogP contribution in [0.5, 0.6) is 5.75 Å². The number of nitro groups is 1. The number of hydrogen-bond donors (Lipinski definition) is 1. The van der Waals surface area contributed by atoms with Crippen molar-refractivity contribution >= 4 is 29.3 Å². The van der Waals surface area contributed by atoms with Crippen LogP contribution in [0.2, 0.25) is 0 Å². The molecule has 8 nitrogen and oxygen atoms in total. The monoisotopic (exact) mass is 404 g/mol. The number of benzene rings is 2. The number of rotatable bonds is 9. The van der Waals surface area contributed by atoms with Crippen LogP contribution in [-0.2, 0) is 20.9 Å². The van der Waals surface area contributed by atoms with Crippen LogP contribution >= 0.6 is 11.8 Å². The molecule has 2 aromatic rings. The molecular formula is C19H20N2O6S. The Morgan fingerprint density at radius 1 is 1.14 bits per heavy atom. The van der Waals surface area contributed by atoms with Gasteiger partial charge in [0.1, 0.15) is 11.0 Å². The highest BCUT2D eigenvalue weighted by molar-refractivity contribution is 8.00. The van der Waals surface area contributed by atoms with Crippen LogP contribution < -0.4 is 10.1 Å². The van der Waals surface area contributed by atoms with E-state index in [-0.39, 0.29) is 12.3 Å². The van der Waals surface area contributed by atoms with E-state index in [1.807, 2.05) is 12.1 Å². The van der Waals surface area contributed by atoms with E-state index < -0.39 is 22.0 Å². The van der Waals surface area contributed by atoms with E-state index in [1.165, 1.54) is 23.9 Å². The van der Waals surface area contributed by atoms with Crippen molar-refractivity contribution in [2.45, 2.75) is 23.6 Å². The molecule has 0 saturated heterocycles. The summed E-state index contributed by atoms with van der Waals surface area (Å²) in [6, 6.07) is 13.1. The SMILES string of the molecule is COc1ccc(CNC(=O)COC(=O)[C@@H](C)Sc2ccc([N+](=O)[O-])cc2)cc1. The maximum absolute atomic E-state index is 12.0. The smallest absolute Gasteiger partial charge is 0.319 e. The third kappa shape index (κ3) is 6.58. The number of nitrogens with one attached hydrogen (secondary N) is 1. The van der Waals surface area contributed by atoms with Gasteiger partial charge in [-0.1, -0.05) is 12.1 Å². The average molecular weight is 404 g/mol. The van der Waals surface area contributed by atoms with Crippen LogP contribution in [-0.4, -0.2) is 35.8 Å². The lowest BCUT2D eigenvalue weighted by Crippen LogP contribution is -2.30. The van der Waals surface area contributed by atoms with Crippen molar-refractivity contribution in [3.8, 4) is 5.75 Å². The molecule has 1 atom stereocenters. The molecule has 1 amide bonds. The van der Waals surface area contributed by atoms with Crippen molar-refractivity contribution in [2.75, 3.05) is 13.7 Å². The Balaban J connectivity index is 1.73. The third-order valence-electron chi connectivity index (χ3n) is 3.69. The lowest BCUT2D eigenvalue weighted by Gasteiger charge is -2.11. The third-order valence-corrected chi connectivity index (χ3v) is 4.78. The largest absolute Gasteiger partial charge is 0.497 e. The fraction of sp³-hybridized carbons (Fsp3) is 0.263. The molecule has 0 aromatic heterocycles. The zero-order valence-corrected chi connectivity index (χ0v) is 16.2. The maximum atomic E-state index is 12.0. The number of amides is 1. The summed E-state index contributed by atoms with van der Waals surface area (Å²) in [5.41, 5.74) is 0.871. The minimum absolute atomic E-state index is 0.0203. The second-order valence-electron chi connectivity index (χ2n) is 5.74. The molecule has 148 valence electrons. The highest BCUT2D eigenvalue weighted by atomic mass is 32.2. The van der Waals surface area contributed by atoms with E-state index >= 15 is 0 Å². The molecule has 0 spiro atoms. The molecule has 0 fully saturated rings. The van der Waals surface area contributed by atoms with Crippen molar-refractivity contribution < 1.29 is 24.0 Å². The van der Waals surface area contributed by atoms with Crippen molar-refractivity contribution in [1.29, 1.82) is 0 Å². The van der Waals surface area contributed by atoms with E-state index in [1.54, 1.807) is 38.3 Å². The molecule has 2 aromatic carbocycles. The summed E-state index contributed by atoms with van der Waals surface area (Å²) in [5, 5.41) is 12.8. The Bertz CT molecular complexity index is 823. The van der Waals surface area contributed by atoms with Crippen LogP contribution in [0, 0.1) is 10.1 Å². The van der Waals surface area contributed by atoms with Gasteiger partial charge in [-0.25, -0.2) is 0 Å². The lowest BCUT2D eigenvalue weighted by atomic mass is 10.2. The van der Waals surface area contributed by atoms with Gasteiger partial charge in [-0.05, 0) is 36.8 Å². The van der Waals surface area contributed by atoms with E-state index in [4.69, 9.17) is 9.47 Å². The Labute approximate surface area is 166 Å². The summed E-state index contributed by atoms with van der Waals surface area (Å²) in [4.78, 5) is 34.7. The number of carbonyl (C=O) groups is 2. The molecule has 0 heterocycles. The van der Waals surface area contributed by atoms with Crippen molar-refractivity contribution in [3.05, 3.63) is 64.2 Å². The van der Waals surface area contributed by atoms with Gasteiger partial charge < -0.3 is 14.8 Å². The van der Waals surface area contributed by atoms with Gasteiger partial charge in [0.05, 0.1) is 12.0 Å². The highest BCUT2D eigenvalue weighted by Crippen LogP contribution is 2.25. The standard InChI is InChI=1S/C19H20N2O6S/c1-13(28-17-9-5-15(6-10-17)21(24)25)19(23)27-12-18(22)20-11-14-3-7-16(26-2)8-4-14/h3-10,13H,11-12H2,1-2H3,(H,20,22)/t13-/m1/s1. The van der Waals surface area contributed by atoms with Crippen LogP contribution in [0.15, 0.2) is 53.4 Å². The summed E-state index contributed by atoms with van der Waals surface area (Å²) in [6.07, 6.45) is 0. The van der Waals surface area contributed by atoms with Crippen molar-refractivity contribution in [3.63, 3.8) is 0 Å². The number of thioether (sulfide) groups is 1. The van der Waals surface area contributed by atoms with Gasteiger partial charge in [-0.3, -0.25) is 19.7 Å². The van der Waals surface area contributed by atoms with E-state index in [0.717, 1.165) is 11.3 Å². The zero-order valence-electron chi connectivity index (χ0n) is 15.4. The minimum Gasteiger partial charge on any atom is -0.497 e. The summed E-state index contributed by atoms with van der Waals surface area (Å²) < 4.78 is 10.1. The Hall–Kier alpha value is -3.07. The molecule has 0 aliphatic heterocycles. The summed E-state index contributed by atoms with van der Waals surface area (Å²) in [5.74, 6) is -0.219. The maximum Gasteiger partial charge on any atom is 0.319 e. The number of hydrogen-bond acceptors (Lipinski definition) is 7. The fourth-order valence-corrected chi connectivity index (χ4v) is 3.01. The van der Waals surface area contributed by atoms with Crippen LogP contribution in [0.25, 0.3) is 0 Å². The molecule has 0 radical (unpaired) electrons. The number of ether oxygens (including phenoxy) is 2. The first kappa shape index (κ1) is 21.2. The summed E-state index contributed by atoms with van der Waals surface area (Å²) >= 11 is 1.20. The number of carbonyl (C=O) groups excluding carboxylic acids is 2. The molecule has 0 aliphatic carbocycles. The Kier molecular flexibility index (Phi) is 7.82. The van der Waals surface area contributed by atoms with Gasteiger partial charge >= 0.3 is 5.97 Å². The summed E-state index contributed by atoms with van der Waals surface area (Å²) in [6.45, 7) is 1.58. The summed E-state index contributed by atoms with van der Waals surface area (Å²) in [7, 11) is 1.58. The molecule has 1 N–H and O–H groups in total. The normalized spacial score (nSPS) is 11.4. The van der Waals surface area contributed by atoms with E-state index in [9.17, 15) is 19.7 Å². The molecule has 9 heteroatoms. The van der Waals surface area contributed by atoms with Gasteiger partial charge in [0.15, 0.2) is 6.61 Å². The average Bonchev–Trinajstić information content (AvgIpc) is 2.71. The molecule has 0 saturated carbocycles.